The molecule has 4 aromatic carbocycles. The number of nitrogens with zero attached hydrogens (tertiary/aromatic N) is 3. The Morgan fingerprint density at radius 3 is 2.41 bits per heavy atom. The summed E-state index contributed by atoms with van der Waals surface area (Å²) in [6.45, 7) is 0. The molecule has 1 unspecified atom stereocenters. The van der Waals surface area contributed by atoms with Gasteiger partial charge in [-0.1, -0.05) is 96.1 Å². The van der Waals surface area contributed by atoms with Crippen molar-refractivity contribution >= 4 is 28.3 Å². The average molecular weight is 444 g/mol. The van der Waals surface area contributed by atoms with Crippen LogP contribution in [0.2, 0.25) is 0 Å². The Balaban J connectivity index is 1.37. The second kappa shape index (κ2) is 8.41. The Bertz CT molecular complexity index is 1530. The van der Waals surface area contributed by atoms with Crippen LogP contribution in [0.4, 0.5) is 6.01 Å². The first-order valence-corrected chi connectivity index (χ1v) is 11.1. The maximum Gasteiger partial charge on any atom is 0.317 e. The lowest BCUT2D eigenvalue weighted by molar-refractivity contribution is -0.119. The predicted molar refractivity (Wildman–Crippen MR) is 132 cm³/mol. The molecular formula is C28H20N4O2. The van der Waals surface area contributed by atoms with Crippen molar-refractivity contribution in [2.24, 2.45) is 4.99 Å². The van der Waals surface area contributed by atoms with Gasteiger partial charge in [-0.25, -0.2) is 0 Å². The molecule has 0 aliphatic carbocycles. The minimum atomic E-state index is -0.844. The minimum absolute atomic E-state index is 0.0664. The van der Waals surface area contributed by atoms with Gasteiger partial charge in [0, 0.05) is 23.1 Å². The molecule has 2 heterocycles. The van der Waals surface area contributed by atoms with Gasteiger partial charge < -0.3 is 9.73 Å². The second-order valence-electron chi connectivity index (χ2n) is 8.13. The molecule has 5 aromatic rings. The Morgan fingerprint density at radius 1 is 0.765 bits per heavy atom. The van der Waals surface area contributed by atoms with E-state index in [0.717, 1.165) is 38.7 Å². The van der Waals surface area contributed by atoms with Gasteiger partial charge in [-0.05, 0) is 22.4 Å². The van der Waals surface area contributed by atoms with Crippen LogP contribution < -0.4 is 5.32 Å². The van der Waals surface area contributed by atoms with E-state index in [0.29, 0.717) is 5.89 Å². The number of aliphatic imine (C=N–C) groups is 1. The van der Waals surface area contributed by atoms with E-state index in [1.54, 1.807) is 0 Å². The Morgan fingerprint density at radius 2 is 1.50 bits per heavy atom. The number of rotatable bonds is 4. The number of aromatic nitrogens is 2. The van der Waals surface area contributed by atoms with Crippen molar-refractivity contribution in [1.82, 2.24) is 10.2 Å². The molecule has 0 saturated heterocycles. The van der Waals surface area contributed by atoms with Crippen LogP contribution in [0.25, 0.3) is 22.2 Å². The Labute approximate surface area is 196 Å². The minimum Gasteiger partial charge on any atom is -0.403 e. The molecule has 0 bridgehead atoms. The van der Waals surface area contributed by atoms with Crippen molar-refractivity contribution in [1.29, 1.82) is 0 Å². The van der Waals surface area contributed by atoms with Crippen molar-refractivity contribution in [3.8, 4) is 11.5 Å². The first-order valence-electron chi connectivity index (χ1n) is 11.1. The summed E-state index contributed by atoms with van der Waals surface area (Å²) in [7, 11) is 0. The summed E-state index contributed by atoms with van der Waals surface area (Å²) in [6.07, 6.45) is -0.582. The van der Waals surface area contributed by atoms with Crippen LogP contribution in [0, 0.1) is 0 Å². The Kier molecular flexibility index (Phi) is 4.96. The Hall–Kier alpha value is -4.58. The van der Waals surface area contributed by atoms with Crippen LogP contribution in [0.3, 0.4) is 0 Å². The largest absolute Gasteiger partial charge is 0.403 e. The number of anilines is 1. The second-order valence-corrected chi connectivity index (χ2v) is 8.13. The highest BCUT2D eigenvalue weighted by atomic mass is 16.4. The number of nitrogens with one attached hydrogen (secondary N) is 1. The van der Waals surface area contributed by atoms with E-state index >= 15 is 0 Å². The zero-order valence-corrected chi connectivity index (χ0v) is 18.2. The fourth-order valence-corrected chi connectivity index (χ4v) is 4.32. The summed E-state index contributed by atoms with van der Waals surface area (Å²) in [5.41, 5.74) is 4.44. The van der Waals surface area contributed by atoms with Gasteiger partial charge in [0.05, 0.1) is 5.71 Å². The molecular weight excluding hydrogens is 424 g/mol. The monoisotopic (exact) mass is 444 g/mol. The summed E-state index contributed by atoms with van der Waals surface area (Å²) < 4.78 is 5.93. The number of fused-ring (bicyclic) bond motifs is 2. The van der Waals surface area contributed by atoms with E-state index in [-0.39, 0.29) is 18.2 Å². The summed E-state index contributed by atoms with van der Waals surface area (Å²) in [6, 6.07) is 31.9. The number of hydrogen-bond acceptors (Lipinski definition) is 6. The van der Waals surface area contributed by atoms with E-state index in [1.165, 1.54) is 0 Å². The van der Waals surface area contributed by atoms with Gasteiger partial charge in [-0.3, -0.25) is 9.79 Å². The number of benzene rings is 4. The summed E-state index contributed by atoms with van der Waals surface area (Å²) in [5, 5.41) is 13.6. The molecule has 34 heavy (non-hydrogen) atoms. The lowest BCUT2D eigenvalue weighted by atomic mass is 9.96. The molecule has 1 N–H and O–H groups in total. The number of Topliss-reactive ketones (excluding diaryl/α,β-unsaturated/α-hetero) is 1. The standard InChI is InChI=1S/C28H20N4O2/c33-24-17-20-12-5-7-15-22(20)25(19-10-2-1-3-11-19)29-26(24)30-28-32-31-27(34-28)23-16-8-13-18-9-4-6-14-21(18)23/h1-16,26H,17H2,(H,30,32). The van der Waals surface area contributed by atoms with Crippen LogP contribution in [0.15, 0.2) is 106 Å². The first kappa shape index (κ1) is 20.1. The third kappa shape index (κ3) is 3.65. The maximum atomic E-state index is 13.2. The highest BCUT2D eigenvalue weighted by molar-refractivity contribution is 6.16. The quantitative estimate of drug-likeness (QED) is 0.407. The number of carbonyl (C=O) groups excluding carboxylic acids is 1. The fourth-order valence-electron chi connectivity index (χ4n) is 4.32. The van der Waals surface area contributed by atoms with E-state index in [2.05, 4.69) is 15.5 Å². The zero-order chi connectivity index (χ0) is 22.9. The molecule has 1 aliphatic rings. The molecule has 164 valence electrons. The topological polar surface area (TPSA) is 80.4 Å². The molecule has 0 spiro atoms. The average Bonchev–Trinajstić information content (AvgIpc) is 3.30. The van der Waals surface area contributed by atoms with Crippen LogP contribution in [0.1, 0.15) is 16.7 Å². The number of carbonyl (C=O) groups is 1. The smallest absolute Gasteiger partial charge is 0.317 e. The summed E-state index contributed by atoms with van der Waals surface area (Å²) >= 11 is 0. The molecule has 6 nitrogen and oxygen atoms in total. The molecule has 6 rings (SSSR count). The lowest BCUT2D eigenvalue weighted by Gasteiger charge is -2.11. The highest BCUT2D eigenvalue weighted by Crippen LogP contribution is 2.29. The fraction of sp³-hybridized carbons (Fsp3) is 0.0714. The summed E-state index contributed by atoms with van der Waals surface area (Å²) in [4.78, 5) is 18.0. The van der Waals surface area contributed by atoms with Gasteiger partial charge in [0.2, 0.25) is 5.89 Å². The van der Waals surface area contributed by atoms with Gasteiger partial charge in [0.1, 0.15) is 0 Å². The van der Waals surface area contributed by atoms with Crippen LogP contribution in [0.5, 0.6) is 0 Å². The van der Waals surface area contributed by atoms with Crippen LogP contribution >= 0.6 is 0 Å². The molecule has 1 atom stereocenters. The zero-order valence-electron chi connectivity index (χ0n) is 18.2. The van der Waals surface area contributed by atoms with E-state index in [1.807, 2.05) is 97.1 Å². The van der Waals surface area contributed by atoms with E-state index in [9.17, 15) is 4.79 Å². The molecule has 0 fully saturated rings. The predicted octanol–water partition coefficient (Wildman–Crippen LogP) is 5.29. The van der Waals surface area contributed by atoms with Gasteiger partial charge >= 0.3 is 6.01 Å². The normalized spacial score (nSPS) is 15.5. The molecule has 1 aromatic heterocycles. The van der Waals surface area contributed by atoms with Gasteiger partial charge in [-0.2, -0.15) is 0 Å². The highest BCUT2D eigenvalue weighted by Gasteiger charge is 2.27. The molecule has 6 heteroatoms. The number of ketones is 1. The molecule has 0 saturated carbocycles. The van der Waals surface area contributed by atoms with Gasteiger partial charge in [0.25, 0.3) is 0 Å². The summed E-state index contributed by atoms with van der Waals surface area (Å²) in [5.74, 6) is 0.319. The molecule has 0 radical (unpaired) electrons. The van der Waals surface area contributed by atoms with E-state index < -0.39 is 6.17 Å². The third-order valence-electron chi connectivity index (χ3n) is 5.95. The van der Waals surface area contributed by atoms with Crippen molar-refractivity contribution in [3.05, 3.63) is 114 Å². The molecule has 0 amide bonds. The number of hydrogen-bond donors (Lipinski definition) is 1. The maximum absolute atomic E-state index is 13.2. The SMILES string of the molecule is O=C1Cc2ccccc2C(c2ccccc2)=NC1Nc1nnc(-c2cccc3ccccc23)o1. The van der Waals surface area contributed by atoms with Crippen molar-refractivity contribution in [3.63, 3.8) is 0 Å². The van der Waals surface area contributed by atoms with Gasteiger partial charge in [-0.15, -0.1) is 5.10 Å². The lowest BCUT2D eigenvalue weighted by Crippen LogP contribution is -2.29. The first-order chi connectivity index (χ1) is 16.8. The van der Waals surface area contributed by atoms with Crippen LogP contribution in [-0.4, -0.2) is 27.9 Å². The van der Waals surface area contributed by atoms with Crippen molar-refractivity contribution in [2.75, 3.05) is 5.32 Å². The van der Waals surface area contributed by atoms with Crippen molar-refractivity contribution < 1.29 is 9.21 Å². The van der Waals surface area contributed by atoms with E-state index in [4.69, 9.17) is 9.41 Å². The van der Waals surface area contributed by atoms with Crippen LogP contribution in [-0.2, 0) is 11.2 Å². The van der Waals surface area contributed by atoms with Crippen molar-refractivity contribution in [2.45, 2.75) is 12.6 Å². The third-order valence-corrected chi connectivity index (χ3v) is 5.95. The molecule has 1 aliphatic heterocycles. The van der Waals surface area contributed by atoms with Gasteiger partial charge in [0.15, 0.2) is 11.9 Å².